The van der Waals surface area contributed by atoms with Gasteiger partial charge < -0.3 is 64.2 Å². The lowest BCUT2D eigenvalue weighted by molar-refractivity contribution is -0.360. The van der Waals surface area contributed by atoms with Crippen molar-refractivity contribution in [3.8, 4) is 0 Å². The van der Waals surface area contributed by atoms with Gasteiger partial charge in [-0.2, -0.15) is 0 Å². The van der Waals surface area contributed by atoms with Crippen molar-refractivity contribution in [1.82, 2.24) is 0 Å². The number of aliphatic hydroxyl groups is 7. The lowest BCUT2D eigenvalue weighted by Crippen LogP contribution is -2.64. The van der Waals surface area contributed by atoms with Gasteiger partial charge in [0.05, 0.1) is 26.4 Å². The van der Waals surface area contributed by atoms with E-state index in [-0.39, 0.29) is 13.2 Å². The first-order chi connectivity index (χ1) is 32.4. The van der Waals surface area contributed by atoms with Crippen molar-refractivity contribution in [3.63, 3.8) is 0 Å². The van der Waals surface area contributed by atoms with Crippen LogP contribution in [0.3, 0.4) is 0 Å². The van der Waals surface area contributed by atoms with Gasteiger partial charge in [0.15, 0.2) is 12.6 Å². The molecule has 0 aliphatic carbocycles. The molecule has 0 saturated carbocycles. The van der Waals surface area contributed by atoms with Crippen LogP contribution >= 0.6 is 0 Å². The Kier molecular flexibility index (Phi) is 34.1. The third-order valence-electron chi connectivity index (χ3n) is 15.0. The van der Waals surface area contributed by atoms with Gasteiger partial charge in [-0.3, -0.25) is 0 Å². The predicted molar refractivity (Wildman–Crippen MR) is 270 cm³/mol. The second kappa shape index (κ2) is 36.4. The van der Waals surface area contributed by atoms with Crippen LogP contribution in [0.2, 0.25) is 0 Å². The highest BCUT2D eigenvalue weighted by molar-refractivity contribution is 4.94. The highest BCUT2D eigenvalue weighted by atomic mass is 16.7. The topological polar surface area (TPSA) is 197 Å². The summed E-state index contributed by atoms with van der Waals surface area (Å²) >= 11 is 0. The largest absolute Gasteiger partial charge is 0.394 e. The first-order valence-electron chi connectivity index (χ1n) is 27.8. The smallest absolute Gasteiger partial charge is 0.187 e. The lowest BCUT2D eigenvalue weighted by atomic mass is 9.91. The molecule has 2 rings (SSSR count). The normalized spacial score (nSPS) is 29.0. The van der Waals surface area contributed by atoms with Crippen molar-refractivity contribution in [3.05, 3.63) is 0 Å². The van der Waals surface area contributed by atoms with Gasteiger partial charge in [-0.05, 0) is 60.2 Å². The summed E-state index contributed by atoms with van der Waals surface area (Å²) in [5.41, 5.74) is 0. The zero-order valence-electron chi connectivity index (χ0n) is 44.9. The number of hydrogen-bond donors (Lipinski definition) is 7. The average molecular weight is 977 g/mol. The van der Waals surface area contributed by atoms with E-state index in [1.165, 1.54) is 109 Å². The van der Waals surface area contributed by atoms with Gasteiger partial charge in [-0.25, -0.2) is 0 Å². The molecule has 0 aromatic heterocycles. The molecule has 2 aliphatic rings. The van der Waals surface area contributed by atoms with Gasteiger partial charge in [-0.1, -0.05) is 185 Å². The summed E-state index contributed by atoms with van der Waals surface area (Å²) < 4.78 is 35.7. The molecule has 406 valence electrons. The minimum absolute atomic E-state index is 0.00274. The molecule has 0 spiro atoms. The SMILES string of the molecule is CC(C)CCC[C@@H](C)CCC[C@@H](C)CCC[C@@H](C)CCOC[C@@H](CO[C@@H]1O[C@H](CO)[C@@H](O[C@@H]2O[C@H](CO)[C@H](O)[C@H](O)[C@H]2O)[C@H](O)[C@H]1O)OCC[C@H](C)CCC[C@H](C)CCC[C@H](C)CCCC(C)C. The molecule has 0 unspecified atom stereocenters. The molecule has 0 aromatic carbocycles. The fourth-order valence-corrected chi connectivity index (χ4v) is 9.85. The number of rotatable bonds is 40. The highest BCUT2D eigenvalue weighted by Crippen LogP contribution is 2.31. The monoisotopic (exact) mass is 977 g/mol. The van der Waals surface area contributed by atoms with Crippen molar-refractivity contribution < 1.29 is 64.2 Å². The van der Waals surface area contributed by atoms with Crippen LogP contribution < -0.4 is 0 Å². The van der Waals surface area contributed by atoms with E-state index in [2.05, 4.69) is 69.2 Å². The summed E-state index contributed by atoms with van der Waals surface area (Å²) in [6, 6.07) is 0. The van der Waals surface area contributed by atoms with E-state index < -0.39 is 80.7 Å². The molecular formula is C55H108O13. The number of hydrogen-bond acceptors (Lipinski definition) is 13. The standard InChI is InChI=1S/C55H108O13/c1-37(2)17-11-19-39(5)21-13-23-41(7)25-15-27-43(9)29-31-63-35-45(64-32-30-44(10)28-16-26-42(8)24-14-22-40(6)20-12-18-38(3)4)36-65-54-52(62)50(60)53(47(34-57)67-54)68-55-51(61)49(59)48(58)46(33-56)66-55/h37-62H,11-36H2,1-10H3/t39-,40-,41-,42-,43-,44-,45+,46-,47-,48+,49+,50-,51-,52-,53-,54-,55+/m1/s1. The van der Waals surface area contributed by atoms with Gasteiger partial charge >= 0.3 is 0 Å². The fraction of sp³-hybridized carbons (Fsp3) is 1.00. The molecule has 2 saturated heterocycles. The van der Waals surface area contributed by atoms with Crippen LogP contribution in [0.15, 0.2) is 0 Å². The molecule has 13 nitrogen and oxygen atoms in total. The van der Waals surface area contributed by atoms with Crippen LogP contribution in [-0.2, 0) is 28.4 Å². The molecule has 7 N–H and O–H groups in total. The molecule has 0 aromatic rings. The van der Waals surface area contributed by atoms with Crippen LogP contribution in [0.5, 0.6) is 0 Å². The molecular weight excluding hydrogens is 869 g/mol. The van der Waals surface area contributed by atoms with E-state index in [0.29, 0.717) is 25.0 Å². The molecule has 68 heavy (non-hydrogen) atoms. The second-order valence-electron chi connectivity index (χ2n) is 23.0. The summed E-state index contributed by atoms with van der Waals surface area (Å²) in [5.74, 6) is 5.74. The van der Waals surface area contributed by atoms with Crippen molar-refractivity contribution in [2.45, 2.75) is 265 Å². The van der Waals surface area contributed by atoms with Crippen molar-refractivity contribution in [2.24, 2.45) is 47.3 Å². The summed E-state index contributed by atoms with van der Waals surface area (Å²) in [4.78, 5) is 0. The molecule has 0 radical (unpaired) electrons. The third kappa shape index (κ3) is 26.4. The summed E-state index contributed by atoms with van der Waals surface area (Å²) in [5, 5.41) is 73.0. The second-order valence-corrected chi connectivity index (χ2v) is 23.0. The fourth-order valence-electron chi connectivity index (χ4n) is 9.85. The van der Waals surface area contributed by atoms with Crippen LogP contribution in [0.1, 0.15) is 198 Å². The Hall–Kier alpha value is -0.520. The molecule has 2 heterocycles. The minimum Gasteiger partial charge on any atom is -0.394 e. The van der Waals surface area contributed by atoms with Crippen molar-refractivity contribution in [2.75, 3.05) is 39.6 Å². The molecule has 17 atom stereocenters. The van der Waals surface area contributed by atoms with Crippen LogP contribution in [0, 0.1) is 47.3 Å². The van der Waals surface area contributed by atoms with E-state index in [0.717, 1.165) is 54.8 Å². The van der Waals surface area contributed by atoms with E-state index in [1.807, 2.05) is 0 Å². The molecule has 2 aliphatic heterocycles. The van der Waals surface area contributed by atoms with Crippen LogP contribution in [0.4, 0.5) is 0 Å². The maximum Gasteiger partial charge on any atom is 0.187 e. The molecule has 2 fully saturated rings. The van der Waals surface area contributed by atoms with Crippen LogP contribution in [-0.4, -0.2) is 143 Å². The Bertz CT molecular complexity index is 1190. The van der Waals surface area contributed by atoms with Gasteiger partial charge in [0.2, 0.25) is 0 Å². The Morgan fingerprint density at radius 2 is 0.779 bits per heavy atom. The molecule has 0 bridgehead atoms. The minimum atomic E-state index is -1.74. The third-order valence-corrected chi connectivity index (χ3v) is 15.0. The predicted octanol–water partition coefficient (Wildman–Crippen LogP) is 8.96. The molecule has 0 amide bonds. The van der Waals surface area contributed by atoms with Gasteiger partial charge in [0.1, 0.15) is 54.9 Å². The Morgan fingerprint density at radius 1 is 0.397 bits per heavy atom. The van der Waals surface area contributed by atoms with Crippen molar-refractivity contribution >= 4 is 0 Å². The van der Waals surface area contributed by atoms with E-state index in [9.17, 15) is 35.7 Å². The Morgan fingerprint density at radius 3 is 1.21 bits per heavy atom. The lowest BCUT2D eigenvalue weighted by Gasteiger charge is -2.46. The van der Waals surface area contributed by atoms with Gasteiger partial charge in [-0.15, -0.1) is 0 Å². The summed E-state index contributed by atoms with van der Waals surface area (Å²) in [7, 11) is 0. The summed E-state index contributed by atoms with van der Waals surface area (Å²) in [6.45, 7) is 23.5. The Balaban J connectivity index is 1.87. The quantitative estimate of drug-likeness (QED) is 0.0288. The first-order valence-corrected chi connectivity index (χ1v) is 27.8. The molecule has 13 heteroatoms. The zero-order valence-corrected chi connectivity index (χ0v) is 44.9. The Labute approximate surface area is 415 Å². The highest BCUT2D eigenvalue weighted by Gasteiger charge is 2.51. The maximum atomic E-state index is 11.2. The van der Waals surface area contributed by atoms with Crippen LogP contribution in [0.25, 0.3) is 0 Å². The van der Waals surface area contributed by atoms with E-state index >= 15 is 0 Å². The van der Waals surface area contributed by atoms with Gasteiger partial charge in [0, 0.05) is 13.2 Å². The maximum absolute atomic E-state index is 11.2. The zero-order chi connectivity index (χ0) is 50.6. The van der Waals surface area contributed by atoms with E-state index in [1.54, 1.807) is 0 Å². The number of ether oxygens (including phenoxy) is 6. The average Bonchev–Trinajstić information content (AvgIpc) is 3.28. The summed E-state index contributed by atoms with van der Waals surface area (Å²) in [6.07, 6.45) is 9.40. The van der Waals surface area contributed by atoms with Gasteiger partial charge in [0.25, 0.3) is 0 Å². The van der Waals surface area contributed by atoms with Crippen molar-refractivity contribution in [1.29, 1.82) is 0 Å². The number of aliphatic hydroxyl groups excluding tert-OH is 7. The first kappa shape index (κ1) is 63.6. The van der Waals surface area contributed by atoms with E-state index in [4.69, 9.17) is 28.4 Å².